The number of methoxy groups -OCH3 is 1. The molecule has 0 aliphatic carbocycles. The monoisotopic (exact) mass is 280 g/mol. The van der Waals surface area contributed by atoms with Crippen LogP contribution in [0.3, 0.4) is 0 Å². The first-order valence-corrected chi connectivity index (χ1v) is 7.17. The summed E-state index contributed by atoms with van der Waals surface area (Å²) in [6.45, 7) is 7.74. The van der Waals surface area contributed by atoms with E-state index in [0.29, 0.717) is 11.1 Å². The maximum absolute atomic E-state index is 11.5. The van der Waals surface area contributed by atoms with Gasteiger partial charge < -0.3 is 9.84 Å². The molecule has 104 valence electrons. The minimum atomic E-state index is -1.06. The van der Waals surface area contributed by atoms with Crippen molar-refractivity contribution < 1.29 is 14.6 Å². The van der Waals surface area contributed by atoms with Gasteiger partial charge in [0.2, 0.25) is 0 Å². The van der Waals surface area contributed by atoms with Crippen LogP contribution in [0.1, 0.15) is 43.6 Å². The lowest BCUT2D eigenvalue weighted by Crippen LogP contribution is -2.39. The van der Waals surface area contributed by atoms with Crippen molar-refractivity contribution >= 4 is 17.3 Å². The predicted octanol–water partition coefficient (Wildman–Crippen LogP) is 2.93. The largest absolute Gasteiger partial charge is 0.465 e. The minimum Gasteiger partial charge on any atom is -0.465 e. The van der Waals surface area contributed by atoms with Crippen LogP contribution in [0, 0.1) is 23.7 Å². The molecule has 0 bridgehead atoms. The lowest BCUT2D eigenvalue weighted by molar-refractivity contribution is 0.00931. The number of rotatable bonds is 3. The van der Waals surface area contributed by atoms with Gasteiger partial charge in [0.15, 0.2) is 0 Å². The van der Waals surface area contributed by atoms with Gasteiger partial charge in [-0.05, 0) is 11.8 Å². The number of hydrogen-bond donors (Lipinski definition) is 1. The zero-order valence-electron chi connectivity index (χ0n) is 12.0. The summed E-state index contributed by atoms with van der Waals surface area (Å²) in [4.78, 5) is 11.5. The Kier molecular flexibility index (Phi) is 5.16. The summed E-state index contributed by atoms with van der Waals surface area (Å²) in [5, 5.41) is 14.1. The van der Waals surface area contributed by atoms with Gasteiger partial charge in [-0.25, -0.2) is 4.79 Å². The predicted molar refractivity (Wildman–Crippen MR) is 77.2 cm³/mol. The Morgan fingerprint density at radius 3 is 2.37 bits per heavy atom. The standard InChI is InChI=1S/C15H20O3S/c1-10(2)15(17,11(3)4)7-6-12-8-19-9-13(12)14(16)18-5/h8-11,17H,1-5H3. The third-order valence-electron chi connectivity index (χ3n) is 3.23. The maximum atomic E-state index is 11.5. The van der Waals surface area contributed by atoms with Crippen molar-refractivity contribution in [1.82, 2.24) is 0 Å². The molecule has 3 nitrogen and oxygen atoms in total. The van der Waals surface area contributed by atoms with E-state index < -0.39 is 11.6 Å². The zero-order valence-corrected chi connectivity index (χ0v) is 12.8. The molecule has 1 N–H and O–H groups in total. The van der Waals surface area contributed by atoms with Crippen LogP contribution in [-0.4, -0.2) is 23.8 Å². The van der Waals surface area contributed by atoms with Gasteiger partial charge >= 0.3 is 5.97 Å². The molecule has 1 heterocycles. The average molecular weight is 280 g/mol. The Morgan fingerprint density at radius 2 is 1.89 bits per heavy atom. The number of hydrogen-bond acceptors (Lipinski definition) is 4. The number of carbonyl (C=O) groups excluding carboxylic acids is 1. The number of aliphatic hydroxyl groups is 1. The molecule has 0 spiro atoms. The van der Waals surface area contributed by atoms with E-state index in [-0.39, 0.29) is 11.8 Å². The Balaban J connectivity index is 3.13. The zero-order chi connectivity index (χ0) is 14.6. The van der Waals surface area contributed by atoms with Gasteiger partial charge in [0.1, 0.15) is 5.60 Å². The fourth-order valence-electron chi connectivity index (χ4n) is 1.78. The Hall–Kier alpha value is -1.31. The van der Waals surface area contributed by atoms with E-state index in [9.17, 15) is 9.90 Å². The van der Waals surface area contributed by atoms with E-state index in [1.807, 2.05) is 27.7 Å². The van der Waals surface area contributed by atoms with Gasteiger partial charge in [0.05, 0.1) is 12.7 Å². The topological polar surface area (TPSA) is 46.5 Å². The number of ether oxygens (including phenoxy) is 1. The summed E-state index contributed by atoms with van der Waals surface area (Å²) in [5.41, 5.74) is 0.00132. The van der Waals surface area contributed by atoms with E-state index in [1.165, 1.54) is 18.4 Å². The van der Waals surface area contributed by atoms with E-state index in [2.05, 4.69) is 11.8 Å². The molecule has 0 radical (unpaired) electrons. The van der Waals surface area contributed by atoms with Crippen molar-refractivity contribution in [2.24, 2.45) is 11.8 Å². The molecule has 1 rings (SSSR count). The average Bonchev–Trinajstić information content (AvgIpc) is 2.82. The third-order valence-corrected chi connectivity index (χ3v) is 3.97. The highest BCUT2D eigenvalue weighted by Crippen LogP contribution is 2.25. The number of thiophene rings is 1. The molecule has 0 amide bonds. The van der Waals surface area contributed by atoms with Crippen LogP contribution in [0.5, 0.6) is 0 Å². The second-order valence-electron chi connectivity index (χ2n) is 5.08. The van der Waals surface area contributed by atoms with Crippen LogP contribution < -0.4 is 0 Å². The second kappa shape index (κ2) is 6.23. The molecular weight excluding hydrogens is 260 g/mol. The smallest absolute Gasteiger partial charge is 0.339 e. The van der Waals surface area contributed by atoms with E-state index >= 15 is 0 Å². The van der Waals surface area contributed by atoms with Crippen LogP contribution in [0.15, 0.2) is 10.8 Å². The molecule has 0 aromatic carbocycles. The van der Waals surface area contributed by atoms with Crippen molar-refractivity contribution in [2.75, 3.05) is 7.11 Å². The van der Waals surface area contributed by atoms with Gasteiger partial charge in [-0.2, -0.15) is 11.3 Å². The van der Waals surface area contributed by atoms with Gasteiger partial charge in [-0.15, -0.1) is 0 Å². The van der Waals surface area contributed by atoms with Crippen molar-refractivity contribution in [2.45, 2.75) is 33.3 Å². The molecule has 0 saturated carbocycles. The van der Waals surface area contributed by atoms with Crippen LogP contribution in [-0.2, 0) is 4.74 Å². The molecular formula is C15H20O3S. The molecule has 1 aromatic rings. The molecule has 0 aliphatic rings. The Bertz CT molecular complexity index is 495. The van der Waals surface area contributed by atoms with Gasteiger partial charge in [0, 0.05) is 16.3 Å². The molecule has 0 aliphatic heterocycles. The first-order chi connectivity index (χ1) is 8.82. The van der Waals surface area contributed by atoms with E-state index in [4.69, 9.17) is 4.74 Å². The number of carbonyl (C=O) groups is 1. The lowest BCUT2D eigenvalue weighted by atomic mass is 9.81. The molecule has 1 aromatic heterocycles. The fraction of sp³-hybridized carbons (Fsp3) is 0.533. The fourth-order valence-corrected chi connectivity index (χ4v) is 2.53. The van der Waals surface area contributed by atoms with E-state index in [1.54, 1.807) is 10.8 Å². The normalized spacial score (nSPS) is 11.4. The summed E-state index contributed by atoms with van der Waals surface area (Å²) < 4.78 is 4.70. The third kappa shape index (κ3) is 3.37. The molecule has 0 saturated heterocycles. The summed E-state index contributed by atoms with van der Waals surface area (Å²) >= 11 is 1.39. The van der Waals surface area contributed by atoms with Crippen LogP contribution in [0.2, 0.25) is 0 Å². The minimum absolute atomic E-state index is 0.0141. The highest BCUT2D eigenvalue weighted by Gasteiger charge is 2.32. The van der Waals surface area contributed by atoms with Crippen LogP contribution in [0.25, 0.3) is 0 Å². The van der Waals surface area contributed by atoms with Gasteiger partial charge in [0.25, 0.3) is 0 Å². The number of esters is 1. The maximum Gasteiger partial charge on any atom is 0.339 e. The van der Waals surface area contributed by atoms with Crippen molar-refractivity contribution in [3.63, 3.8) is 0 Å². The lowest BCUT2D eigenvalue weighted by Gasteiger charge is -2.30. The highest BCUT2D eigenvalue weighted by atomic mass is 32.1. The van der Waals surface area contributed by atoms with Crippen molar-refractivity contribution in [3.8, 4) is 11.8 Å². The quantitative estimate of drug-likeness (QED) is 0.684. The van der Waals surface area contributed by atoms with Gasteiger partial charge in [-0.1, -0.05) is 39.5 Å². The Labute approximate surface area is 118 Å². The molecule has 19 heavy (non-hydrogen) atoms. The Morgan fingerprint density at radius 1 is 1.32 bits per heavy atom. The molecule has 0 unspecified atom stereocenters. The van der Waals surface area contributed by atoms with Crippen molar-refractivity contribution in [1.29, 1.82) is 0 Å². The summed E-state index contributed by atoms with van der Waals surface area (Å²) in [6, 6.07) is 0. The summed E-state index contributed by atoms with van der Waals surface area (Å²) in [5.74, 6) is 5.47. The molecule has 4 heteroatoms. The van der Waals surface area contributed by atoms with E-state index in [0.717, 1.165) is 0 Å². The van der Waals surface area contributed by atoms with Gasteiger partial charge in [-0.3, -0.25) is 0 Å². The molecule has 0 fully saturated rings. The molecule has 0 atom stereocenters. The van der Waals surface area contributed by atoms with Crippen LogP contribution >= 0.6 is 11.3 Å². The first-order valence-electron chi connectivity index (χ1n) is 6.23. The van der Waals surface area contributed by atoms with Crippen LogP contribution in [0.4, 0.5) is 0 Å². The second-order valence-corrected chi connectivity index (χ2v) is 5.82. The van der Waals surface area contributed by atoms with Crippen molar-refractivity contribution in [3.05, 3.63) is 21.9 Å². The highest BCUT2D eigenvalue weighted by molar-refractivity contribution is 7.08. The summed E-state index contributed by atoms with van der Waals surface area (Å²) in [7, 11) is 1.34. The summed E-state index contributed by atoms with van der Waals surface area (Å²) in [6.07, 6.45) is 0. The first kappa shape index (κ1) is 15.7. The SMILES string of the molecule is COC(=O)c1cscc1C#CC(O)(C(C)C)C(C)C.